The summed E-state index contributed by atoms with van der Waals surface area (Å²) in [6, 6.07) is 8.43. The van der Waals surface area contributed by atoms with E-state index in [1.54, 1.807) is 6.92 Å². The minimum Gasteiger partial charge on any atom is -0.451 e. The molecule has 0 aliphatic heterocycles. The van der Waals surface area contributed by atoms with Gasteiger partial charge >= 0.3 is 5.97 Å². The first-order chi connectivity index (χ1) is 15.2. The lowest BCUT2D eigenvalue weighted by Crippen LogP contribution is -2.35. The van der Waals surface area contributed by atoms with E-state index < -0.39 is 48.4 Å². The van der Waals surface area contributed by atoms with Crippen LogP contribution in [-0.4, -0.2) is 35.9 Å². The molecule has 3 aromatic rings. The summed E-state index contributed by atoms with van der Waals surface area (Å²) in [7, 11) is 0. The van der Waals surface area contributed by atoms with Gasteiger partial charge in [-0.2, -0.15) is 0 Å². The molecule has 0 aliphatic rings. The van der Waals surface area contributed by atoms with Crippen LogP contribution >= 0.6 is 11.3 Å². The Morgan fingerprint density at radius 1 is 1.00 bits per heavy atom. The molecular formula is C21H16F3N3O4S. The van der Waals surface area contributed by atoms with Crippen LogP contribution in [0.2, 0.25) is 0 Å². The molecule has 0 saturated heterocycles. The van der Waals surface area contributed by atoms with Crippen LogP contribution in [0.4, 0.5) is 18.9 Å². The molecule has 1 heterocycles. The predicted octanol–water partition coefficient (Wildman–Crippen LogP) is 3.45. The second-order valence-electron chi connectivity index (χ2n) is 6.47. The molecule has 32 heavy (non-hydrogen) atoms. The van der Waals surface area contributed by atoms with E-state index in [1.807, 2.05) is 0 Å². The molecule has 2 N–H and O–H groups in total. The quantitative estimate of drug-likeness (QED) is 0.523. The van der Waals surface area contributed by atoms with Gasteiger partial charge in [-0.15, -0.1) is 11.3 Å². The maximum absolute atomic E-state index is 13.1. The minimum atomic E-state index is -1.13. The number of nitrogens with zero attached hydrogens (tertiary/aromatic N) is 1. The molecular weight excluding hydrogens is 447 g/mol. The van der Waals surface area contributed by atoms with Crippen molar-refractivity contribution in [2.75, 3.05) is 18.5 Å². The number of thiazole rings is 1. The van der Waals surface area contributed by atoms with E-state index in [0.717, 1.165) is 29.5 Å². The van der Waals surface area contributed by atoms with Crippen molar-refractivity contribution in [3.8, 4) is 10.6 Å². The highest BCUT2D eigenvalue weighted by molar-refractivity contribution is 7.17. The normalized spacial score (nSPS) is 10.5. The van der Waals surface area contributed by atoms with E-state index in [-0.39, 0.29) is 10.6 Å². The van der Waals surface area contributed by atoms with Crippen LogP contribution in [0.1, 0.15) is 15.4 Å². The SMILES string of the molecule is Cc1nc(-c2ccc(F)cc2)sc1C(=O)OCC(=O)NCC(=O)Nc1ccc(F)c(F)c1. The molecule has 0 saturated carbocycles. The van der Waals surface area contributed by atoms with Crippen LogP contribution in [0.25, 0.3) is 10.6 Å². The Morgan fingerprint density at radius 3 is 2.41 bits per heavy atom. The number of carbonyl (C=O) groups is 3. The lowest BCUT2D eigenvalue weighted by atomic mass is 10.2. The number of halogens is 3. The molecule has 0 atom stereocenters. The highest BCUT2D eigenvalue weighted by atomic mass is 32.1. The molecule has 0 bridgehead atoms. The van der Waals surface area contributed by atoms with Gasteiger partial charge < -0.3 is 15.4 Å². The van der Waals surface area contributed by atoms with Gasteiger partial charge in [-0.1, -0.05) is 0 Å². The molecule has 0 radical (unpaired) electrons. The standard InChI is InChI=1S/C21H16F3N3O4S/c1-11-19(32-20(26-11)12-2-4-13(22)5-3-12)21(30)31-10-18(29)25-9-17(28)27-14-6-7-15(23)16(24)8-14/h2-8H,9-10H2,1H3,(H,25,29)(H,27,28). The first-order valence-corrected chi connectivity index (χ1v) is 9.96. The number of benzene rings is 2. The van der Waals surface area contributed by atoms with Crippen LogP contribution in [-0.2, 0) is 14.3 Å². The Balaban J connectivity index is 1.48. The maximum atomic E-state index is 13.1. The number of hydrogen-bond donors (Lipinski definition) is 2. The van der Waals surface area contributed by atoms with Crippen molar-refractivity contribution >= 4 is 34.8 Å². The molecule has 7 nitrogen and oxygen atoms in total. The van der Waals surface area contributed by atoms with Gasteiger partial charge in [-0.3, -0.25) is 9.59 Å². The fourth-order valence-electron chi connectivity index (χ4n) is 2.51. The third-order valence-corrected chi connectivity index (χ3v) is 5.24. The van der Waals surface area contributed by atoms with Crippen molar-refractivity contribution in [1.29, 1.82) is 0 Å². The second kappa shape index (κ2) is 10.1. The lowest BCUT2D eigenvalue weighted by molar-refractivity contribution is -0.126. The topological polar surface area (TPSA) is 97.4 Å². The van der Waals surface area contributed by atoms with Crippen LogP contribution in [0.5, 0.6) is 0 Å². The van der Waals surface area contributed by atoms with Crippen molar-refractivity contribution in [2.45, 2.75) is 6.92 Å². The predicted molar refractivity (Wildman–Crippen MR) is 111 cm³/mol. The number of hydrogen-bond acceptors (Lipinski definition) is 6. The van der Waals surface area contributed by atoms with Crippen molar-refractivity contribution in [1.82, 2.24) is 10.3 Å². The Labute approximate surface area is 184 Å². The Morgan fingerprint density at radius 2 is 1.72 bits per heavy atom. The highest BCUT2D eigenvalue weighted by Crippen LogP contribution is 2.28. The molecule has 11 heteroatoms. The average Bonchev–Trinajstić information content (AvgIpc) is 3.15. The number of carbonyl (C=O) groups excluding carboxylic acids is 3. The summed E-state index contributed by atoms with van der Waals surface area (Å²) >= 11 is 1.04. The largest absolute Gasteiger partial charge is 0.451 e. The van der Waals surface area contributed by atoms with Gasteiger partial charge in [0.05, 0.1) is 12.2 Å². The summed E-state index contributed by atoms with van der Waals surface area (Å²) in [4.78, 5) is 40.4. The van der Waals surface area contributed by atoms with Crippen LogP contribution < -0.4 is 10.6 Å². The van der Waals surface area contributed by atoms with Gasteiger partial charge in [0.1, 0.15) is 15.7 Å². The summed E-state index contributed by atoms with van der Waals surface area (Å²) in [5, 5.41) is 5.02. The van der Waals surface area contributed by atoms with Gasteiger partial charge in [0.25, 0.3) is 5.91 Å². The smallest absolute Gasteiger partial charge is 0.350 e. The third kappa shape index (κ3) is 5.91. The number of nitrogens with one attached hydrogen (secondary N) is 2. The Hall–Kier alpha value is -3.73. The van der Waals surface area contributed by atoms with Gasteiger partial charge in [0, 0.05) is 17.3 Å². The fraction of sp³-hybridized carbons (Fsp3) is 0.143. The van der Waals surface area contributed by atoms with E-state index in [4.69, 9.17) is 4.74 Å². The maximum Gasteiger partial charge on any atom is 0.350 e. The van der Waals surface area contributed by atoms with E-state index in [9.17, 15) is 27.6 Å². The third-order valence-electron chi connectivity index (χ3n) is 4.06. The second-order valence-corrected chi connectivity index (χ2v) is 7.47. The number of aryl methyl sites for hydroxylation is 1. The van der Waals surface area contributed by atoms with E-state index in [1.165, 1.54) is 24.3 Å². The fourth-order valence-corrected chi connectivity index (χ4v) is 3.47. The minimum absolute atomic E-state index is 0.0206. The molecule has 2 aromatic carbocycles. The highest BCUT2D eigenvalue weighted by Gasteiger charge is 2.19. The number of rotatable bonds is 7. The summed E-state index contributed by atoms with van der Waals surface area (Å²) in [6.45, 7) is 0.493. The molecule has 1 aromatic heterocycles. The average molecular weight is 463 g/mol. The Bertz CT molecular complexity index is 1170. The summed E-state index contributed by atoms with van der Waals surface area (Å²) in [5.41, 5.74) is 1.04. The van der Waals surface area contributed by atoms with Crippen molar-refractivity contribution in [3.63, 3.8) is 0 Å². The van der Waals surface area contributed by atoms with E-state index >= 15 is 0 Å². The van der Waals surface area contributed by atoms with Crippen LogP contribution in [0, 0.1) is 24.4 Å². The molecule has 2 amide bonds. The molecule has 0 aliphatic carbocycles. The zero-order valence-corrected chi connectivity index (χ0v) is 17.4. The number of aromatic nitrogens is 1. The molecule has 3 rings (SSSR count). The number of anilines is 1. The van der Waals surface area contributed by atoms with Gasteiger partial charge in [0.2, 0.25) is 5.91 Å². The first-order valence-electron chi connectivity index (χ1n) is 9.15. The lowest BCUT2D eigenvalue weighted by Gasteiger charge is -2.08. The van der Waals surface area contributed by atoms with E-state index in [2.05, 4.69) is 15.6 Å². The van der Waals surface area contributed by atoms with E-state index in [0.29, 0.717) is 16.3 Å². The van der Waals surface area contributed by atoms with Crippen molar-refractivity contribution < 1.29 is 32.3 Å². The first kappa shape index (κ1) is 22.9. The summed E-state index contributed by atoms with van der Waals surface area (Å²) < 4.78 is 44.0. The van der Waals surface area contributed by atoms with Crippen molar-refractivity contribution in [2.24, 2.45) is 0 Å². The van der Waals surface area contributed by atoms with Crippen LogP contribution in [0.3, 0.4) is 0 Å². The number of esters is 1. The number of amides is 2. The summed E-state index contributed by atoms with van der Waals surface area (Å²) in [6.07, 6.45) is 0. The van der Waals surface area contributed by atoms with Gasteiger partial charge in [-0.05, 0) is 43.3 Å². The zero-order valence-electron chi connectivity index (χ0n) is 16.6. The van der Waals surface area contributed by atoms with Gasteiger partial charge in [-0.25, -0.2) is 22.9 Å². The molecule has 0 spiro atoms. The Kier molecular flexibility index (Phi) is 7.21. The summed E-state index contributed by atoms with van der Waals surface area (Å²) in [5.74, 6) is -4.77. The van der Waals surface area contributed by atoms with Gasteiger partial charge in [0.15, 0.2) is 18.2 Å². The monoisotopic (exact) mass is 463 g/mol. The molecule has 166 valence electrons. The number of ether oxygens (including phenoxy) is 1. The van der Waals surface area contributed by atoms with Crippen molar-refractivity contribution in [3.05, 3.63) is 70.5 Å². The van der Waals surface area contributed by atoms with Crippen LogP contribution in [0.15, 0.2) is 42.5 Å². The molecule has 0 fully saturated rings. The molecule has 0 unspecified atom stereocenters. The zero-order chi connectivity index (χ0) is 23.3.